The van der Waals surface area contributed by atoms with Gasteiger partial charge in [-0.25, -0.2) is 0 Å². The highest BCUT2D eigenvalue weighted by molar-refractivity contribution is 7.03. The molecule has 0 aliphatic carbocycles. The van der Waals surface area contributed by atoms with E-state index in [1.54, 1.807) is 0 Å². The van der Waals surface area contributed by atoms with Crippen LogP contribution in [0.2, 0.25) is 26.2 Å². The molecule has 1 rings (SSSR count). The highest BCUT2D eigenvalue weighted by Crippen LogP contribution is 2.10. The van der Waals surface area contributed by atoms with Crippen molar-refractivity contribution >= 4 is 35.8 Å². The molecule has 20 heavy (non-hydrogen) atoms. The number of benzene rings is 1. The first-order valence-corrected chi connectivity index (χ1v) is 14.4. The molecule has 0 spiro atoms. The van der Waals surface area contributed by atoms with Crippen LogP contribution in [0, 0.1) is 0 Å². The SMILES string of the molecule is C=C[Si](C=C)(C=C)c1ccc([Si](C)(C)O[Si](C)C)cc1. The third-order valence-electron chi connectivity index (χ3n) is 3.55. The summed E-state index contributed by atoms with van der Waals surface area (Å²) in [5.74, 6) is 0. The third kappa shape index (κ3) is 3.58. The van der Waals surface area contributed by atoms with Crippen molar-refractivity contribution in [3.63, 3.8) is 0 Å². The van der Waals surface area contributed by atoms with Gasteiger partial charge < -0.3 is 4.12 Å². The number of rotatable bonds is 7. The van der Waals surface area contributed by atoms with E-state index in [1.165, 1.54) is 10.4 Å². The highest BCUT2D eigenvalue weighted by Gasteiger charge is 2.28. The average molecular weight is 318 g/mol. The smallest absolute Gasteiger partial charge is 0.205 e. The van der Waals surface area contributed by atoms with Crippen molar-refractivity contribution in [1.29, 1.82) is 0 Å². The van der Waals surface area contributed by atoms with Crippen molar-refractivity contribution in [3.8, 4) is 0 Å². The summed E-state index contributed by atoms with van der Waals surface area (Å²) in [5, 5.41) is 2.62. The maximum absolute atomic E-state index is 6.22. The Kier molecular flexibility index (Phi) is 5.70. The maximum atomic E-state index is 6.22. The summed E-state index contributed by atoms with van der Waals surface area (Å²) >= 11 is 0. The Morgan fingerprint density at radius 2 is 1.30 bits per heavy atom. The van der Waals surface area contributed by atoms with Gasteiger partial charge in [0.1, 0.15) is 0 Å². The van der Waals surface area contributed by atoms with E-state index in [-0.39, 0.29) is 0 Å². The molecule has 0 fully saturated rings. The number of hydrogen-bond acceptors (Lipinski definition) is 1. The van der Waals surface area contributed by atoms with Gasteiger partial charge in [0.2, 0.25) is 8.32 Å². The first-order chi connectivity index (χ1) is 9.31. The molecule has 0 atom stereocenters. The summed E-state index contributed by atoms with van der Waals surface area (Å²) in [4.78, 5) is 0. The molecule has 4 heteroatoms. The molecule has 1 aromatic rings. The van der Waals surface area contributed by atoms with Crippen molar-refractivity contribution in [2.24, 2.45) is 0 Å². The second-order valence-corrected chi connectivity index (χ2v) is 15.5. The molecule has 0 bridgehead atoms. The molecule has 0 unspecified atom stereocenters. The lowest BCUT2D eigenvalue weighted by molar-refractivity contribution is 0.590. The van der Waals surface area contributed by atoms with E-state index in [2.05, 4.69) is 70.2 Å². The summed E-state index contributed by atoms with van der Waals surface area (Å²) in [7, 11) is -4.38. The van der Waals surface area contributed by atoms with Crippen molar-refractivity contribution in [2.75, 3.05) is 0 Å². The molecule has 0 amide bonds. The molecule has 0 saturated heterocycles. The van der Waals surface area contributed by atoms with Gasteiger partial charge in [-0.05, 0) is 36.6 Å². The van der Waals surface area contributed by atoms with Gasteiger partial charge in [-0.15, -0.1) is 19.7 Å². The molecular weight excluding hydrogens is 292 g/mol. The molecule has 0 aromatic heterocycles. The zero-order valence-electron chi connectivity index (χ0n) is 13.1. The summed E-state index contributed by atoms with van der Waals surface area (Å²) in [6.45, 7) is 20.8. The van der Waals surface area contributed by atoms with Crippen LogP contribution in [0.1, 0.15) is 0 Å². The fourth-order valence-corrected chi connectivity index (χ4v) is 9.81. The van der Waals surface area contributed by atoms with Crippen LogP contribution in [0.5, 0.6) is 0 Å². The van der Waals surface area contributed by atoms with Gasteiger partial charge in [0.25, 0.3) is 0 Å². The molecule has 107 valence electrons. The summed E-state index contributed by atoms with van der Waals surface area (Å²) < 4.78 is 6.22. The van der Waals surface area contributed by atoms with Crippen molar-refractivity contribution < 1.29 is 4.12 Å². The quantitative estimate of drug-likeness (QED) is 0.702. The summed E-state index contributed by atoms with van der Waals surface area (Å²) in [5.41, 5.74) is 6.04. The van der Waals surface area contributed by atoms with Crippen LogP contribution in [0.3, 0.4) is 0 Å². The molecule has 0 saturated carbocycles. The molecule has 1 nitrogen and oxygen atoms in total. The van der Waals surface area contributed by atoms with Crippen molar-refractivity contribution in [3.05, 3.63) is 61.1 Å². The fraction of sp³-hybridized carbons (Fsp3) is 0.250. The van der Waals surface area contributed by atoms with Gasteiger partial charge >= 0.3 is 0 Å². The Morgan fingerprint density at radius 3 is 1.65 bits per heavy atom. The van der Waals surface area contributed by atoms with E-state index in [4.69, 9.17) is 4.12 Å². The molecule has 0 aliphatic heterocycles. The monoisotopic (exact) mass is 317 g/mol. The van der Waals surface area contributed by atoms with E-state index in [9.17, 15) is 0 Å². The van der Waals surface area contributed by atoms with Gasteiger partial charge in [-0.2, -0.15) is 0 Å². The average Bonchev–Trinajstić information content (AvgIpc) is 2.40. The minimum Gasteiger partial charge on any atom is -0.452 e. The van der Waals surface area contributed by atoms with Gasteiger partial charge in [-0.3, -0.25) is 0 Å². The minimum absolute atomic E-state index is 0.669. The lowest BCUT2D eigenvalue weighted by Crippen LogP contribution is -2.49. The van der Waals surface area contributed by atoms with Gasteiger partial charge in [0.05, 0.1) is 0 Å². The molecule has 1 radical (unpaired) electrons. The van der Waals surface area contributed by atoms with Crippen LogP contribution in [-0.4, -0.2) is 25.4 Å². The second kappa shape index (κ2) is 6.67. The minimum atomic E-state index is -1.93. The molecule has 0 aliphatic rings. The zero-order valence-corrected chi connectivity index (χ0v) is 16.1. The van der Waals surface area contributed by atoms with Crippen LogP contribution < -0.4 is 10.4 Å². The first kappa shape index (κ1) is 17.1. The normalized spacial score (nSPS) is 12.2. The Hall–Kier alpha value is -0.949. The molecule has 0 N–H and O–H groups in total. The largest absolute Gasteiger partial charge is 0.452 e. The van der Waals surface area contributed by atoms with Crippen LogP contribution in [0.15, 0.2) is 61.1 Å². The van der Waals surface area contributed by atoms with Gasteiger partial charge in [-0.1, -0.05) is 41.4 Å². The zero-order chi connectivity index (χ0) is 15.4. The van der Waals surface area contributed by atoms with Crippen LogP contribution in [-0.2, 0) is 4.12 Å². The van der Waals surface area contributed by atoms with E-state index < -0.39 is 25.4 Å². The topological polar surface area (TPSA) is 9.23 Å². The third-order valence-corrected chi connectivity index (χ3v) is 12.3. The van der Waals surface area contributed by atoms with Crippen molar-refractivity contribution in [2.45, 2.75) is 26.2 Å². The van der Waals surface area contributed by atoms with Gasteiger partial charge in [0, 0.05) is 0 Å². The molecule has 1 aromatic carbocycles. The molecular formula is C16H25OSi3. The first-order valence-electron chi connectivity index (χ1n) is 6.82. The van der Waals surface area contributed by atoms with E-state index in [1.807, 2.05) is 17.1 Å². The Morgan fingerprint density at radius 1 is 0.900 bits per heavy atom. The maximum Gasteiger partial charge on any atom is 0.205 e. The lowest BCUT2D eigenvalue weighted by Gasteiger charge is -2.27. The standard InChI is InChI=1S/C16H25OSi3/c1-8-20(9-2,10-3)16-13-11-15(12-14-16)19(6,7)17-18(4)5/h8-14H,1-3H2,4-7H3. The summed E-state index contributed by atoms with van der Waals surface area (Å²) in [6, 6.07) is 8.82. The van der Waals surface area contributed by atoms with E-state index >= 15 is 0 Å². The predicted octanol–water partition coefficient (Wildman–Crippen LogP) is 3.20. The fourth-order valence-electron chi connectivity index (χ4n) is 2.33. The predicted molar refractivity (Wildman–Crippen MR) is 98.1 cm³/mol. The van der Waals surface area contributed by atoms with Crippen LogP contribution >= 0.6 is 0 Å². The van der Waals surface area contributed by atoms with Crippen molar-refractivity contribution in [1.82, 2.24) is 0 Å². The van der Waals surface area contributed by atoms with E-state index in [0.29, 0.717) is 0 Å². The second-order valence-electron chi connectivity index (χ2n) is 5.64. The number of hydrogen-bond donors (Lipinski definition) is 0. The Bertz CT molecular complexity index is 467. The van der Waals surface area contributed by atoms with E-state index in [0.717, 1.165) is 0 Å². The highest BCUT2D eigenvalue weighted by atomic mass is 28.4. The van der Waals surface area contributed by atoms with Crippen LogP contribution in [0.4, 0.5) is 0 Å². The summed E-state index contributed by atoms with van der Waals surface area (Å²) in [6.07, 6.45) is 0. The lowest BCUT2D eigenvalue weighted by atomic mass is 10.4. The Balaban J connectivity index is 3.14. The molecule has 0 heterocycles. The van der Waals surface area contributed by atoms with Gasteiger partial charge in [0.15, 0.2) is 17.1 Å². The Labute approximate surface area is 127 Å². The van der Waals surface area contributed by atoms with Crippen LogP contribution in [0.25, 0.3) is 0 Å².